The van der Waals surface area contributed by atoms with Crippen LogP contribution in [-0.2, 0) is 0 Å². The van der Waals surface area contributed by atoms with Gasteiger partial charge in [-0.3, -0.25) is 0 Å². The second-order valence-corrected chi connectivity index (χ2v) is 4.13. The van der Waals surface area contributed by atoms with E-state index in [0.717, 1.165) is 6.42 Å². The normalized spacial score (nSPS) is 24.4. The summed E-state index contributed by atoms with van der Waals surface area (Å²) in [5.41, 5.74) is -0.873. The molecule has 68 valence electrons. The molecule has 12 heavy (non-hydrogen) atoms. The van der Waals surface area contributed by atoms with E-state index in [1.54, 1.807) is 6.92 Å². The van der Waals surface area contributed by atoms with E-state index >= 15 is 0 Å². The van der Waals surface area contributed by atoms with Gasteiger partial charge < -0.3 is 5.11 Å². The second kappa shape index (κ2) is 3.96. The summed E-state index contributed by atoms with van der Waals surface area (Å²) >= 11 is 0. The van der Waals surface area contributed by atoms with Crippen molar-refractivity contribution in [2.75, 3.05) is 0 Å². The van der Waals surface area contributed by atoms with Gasteiger partial charge in [-0.2, -0.15) is 0 Å². The number of hydrogen-bond acceptors (Lipinski definition) is 1. The van der Waals surface area contributed by atoms with E-state index in [2.05, 4.69) is 5.92 Å². The summed E-state index contributed by atoms with van der Waals surface area (Å²) in [6, 6.07) is 0. The first kappa shape index (κ1) is 9.61. The smallest absolute Gasteiger partial charge is 0.122 e. The van der Waals surface area contributed by atoms with Crippen molar-refractivity contribution in [3.63, 3.8) is 0 Å². The van der Waals surface area contributed by atoms with Crippen LogP contribution in [0.1, 0.15) is 45.4 Å². The maximum atomic E-state index is 9.64. The van der Waals surface area contributed by atoms with Crippen molar-refractivity contribution in [3.8, 4) is 12.3 Å². The maximum absolute atomic E-state index is 9.64. The third-order valence-electron chi connectivity index (χ3n) is 2.72. The van der Waals surface area contributed by atoms with Crippen LogP contribution in [0.25, 0.3) is 0 Å². The van der Waals surface area contributed by atoms with Gasteiger partial charge >= 0.3 is 0 Å². The zero-order chi connectivity index (χ0) is 9.03. The summed E-state index contributed by atoms with van der Waals surface area (Å²) < 4.78 is 0. The molecule has 0 spiro atoms. The first-order valence-corrected chi connectivity index (χ1v) is 4.84. The first-order valence-electron chi connectivity index (χ1n) is 4.84. The van der Waals surface area contributed by atoms with Gasteiger partial charge in [0.15, 0.2) is 0 Å². The van der Waals surface area contributed by atoms with E-state index < -0.39 is 5.60 Å². The summed E-state index contributed by atoms with van der Waals surface area (Å²) in [7, 11) is 0. The average Bonchev–Trinajstić information content (AvgIpc) is 2.06. The zero-order valence-electron chi connectivity index (χ0n) is 7.84. The van der Waals surface area contributed by atoms with Crippen molar-refractivity contribution < 1.29 is 5.11 Å². The van der Waals surface area contributed by atoms with Crippen LogP contribution in [-0.4, -0.2) is 10.7 Å². The fraction of sp³-hybridized carbons (Fsp3) is 0.818. The third-order valence-corrected chi connectivity index (χ3v) is 2.72. The van der Waals surface area contributed by atoms with Crippen LogP contribution in [0.15, 0.2) is 0 Å². The Labute approximate surface area is 75.2 Å². The summed E-state index contributed by atoms with van der Waals surface area (Å²) in [5, 5.41) is 9.64. The minimum absolute atomic E-state index is 0.657. The van der Waals surface area contributed by atoms with Gasteiger partial charge in [0.1, 0.15) is 5.60 Å². The highest BCUT2D eigenvalue weighted by atomic mass is 16.3. The summed E-state index contributed by atoms with van der Waals surface area (Å²) in [4.78, 5) is 0. The Kier molecular flexibility index (Phi) is 3.17. The molecule has 1 atom stereocenters. The molecule has 0 radical (unpaired) electrons. The van der Waals surface area contributed by atoms with Crippen molar-refractivity contribution >= 4 is 0 Å². The van der Waals surface area contributed by atoms with E-state index in [-0.39, 0.29) is 0 Å². The van der Waals surface area contributed by atoms with Crippen LogP contribution < -0.4 is 0 Å². The fourth-order valence-corrected chi connectivity index (χ4v) is 2.01. The van der Waals surface area contributed by atoms with Gasteiger partial charge in [-0.05, 0) is 19.3 Å². The minimum Gasteiger partial charge on any atom is -0.378 e. The van der Waals surface area contributed by atoms with Crippen molar-refractivity contribution in [1.82, 2.24) is 0 Å². The highest BCUT2D eigenvalue weighted by Gasteiger charge is 2.23. The Morgan fingerprint density at radius 3 is 2.50 bits per heavy atom. The Balaban J connectivity index is 2.35. The van der Waals surface area contributed by atoms with Gasteiger partial charge in [-0.25, -0.2) is 0 Å². The Bertz CT molecular complexity index is 170. The lowest BCUT2D eigenvalue weighted by Gasteiger charge is -2.27. The highest BCUT2D eigenvalue weighted by Crippen LogP contribution is 2.30. The molecule has 0 aromatic heterocycles. The largest absolute Gasteiger partial charge is 0.378 e. The standard InChI is InChI=1S/C11H18O/c1-3-11(2,12)9-10-7-5-4-6-8-10/h1,10,12H,4-9H2,2H3. The van der Waals surface area contributed by atoms with Gasteiger partial charge in [0.2, 0.25) is 0 Å². The lowest BCUT2D eigenvalue weighted by Crippen LogP contribution is -2.26. The SMILES string of the molecule is C#CC(C)(O)CC1CCCCC1. The van der Waals surface area contributed by atoms with Crippen LogP contribution in [0.3, 0.4) is 0 Å². The molecule has 0 bridgehead atoms. The highest BCUT2D eigenvalue weighted by molar-refractivity contribution is 5.05. The van der Waals surface area contributed by atoms with E-state index in [0.29, 0.717) is 5.92 Å². The third kappa shape index (κ3) is 2.87. The molecule has 1 saturated carbocycles. The molecule has 1 heteroatoms. The lowest BCUT2D eigenvalue weighted by molar-refractivity contribution is 0.0829. The van der Waals surface area contributed by atoms with Gasteiger partial charge in [0.05, 0.1) is 0 Å². The molecule has 0 aliphatic heterocycles. The van der Waals surface area contributed by atoms with E-state index in [1.165, 1.54) is 32.1 Å². The molecular formula is C11H18O. The van der Waals surface area contributed by atoms with Gasteiger partial charge in [0.25, 0.3) is 0 Å². The van der Waals surface area contributed by atoms with Gasteiger partial charge in [0, 0.05) is 0 Å². The number of hydrogen-bond donors (Lipinski definition) is 1. The first-order chi connectivity index (χ1) is 5.64. The minimum atomic E-state index is -0.873. The molecule has 1 unspecified atom stereocenters. The predicted octanol–water partition coefficient (Wildman–Crippen LogP) is 2.34. The maximum Gasteiger partial charge on any atom is 0.122 e. The van der Waals surface area contributed by atoms with Crippen LogP contribution in [0.4, 0.5) is 0 Å². The molecule has 0 aromatic rings. The van der Waals surface area contributed by atoms with E-state index in [4.69, 9.17) is 6.42 Å². The van der Waals surface area contributed by atoms with Crippen molar-refractivity contribution in [2.45, 2.75) is 51.0 Å². The number of rotatable bonds is 2. The van der Waals surface area contributed by atoms with Crippen LogP contribution in [0.5, 0.6) is 0 Å². The van der Waals surface area contributed by atoms with Crippen molar-refractivity contribution in [3.05, 3.63) is 0 Å². The number of aliphatic hydroxyl groups is 1. The summed E-state index contributed by atoms with van der Waals surface area (Å²) in [6.45, 7) is 1.74. The molecule has 0 amide bonds. The quantitative estimate of drug-likeness (QED) is 0.624. The molecule has 1 fully saturated rings. The fourth-order valence-electron chi connectivity index (χ4n) is 2.01. The molecule has 1 rings (SSSR count). The topological polar surface area (TPSA) is 20.2 Å². The summed E-state index contributed by atoms with van der Waals surface area (Å²) in [5.74, 6) is 3.10. The molecule has 1 aliphatic carbocycles. The molecule has 1 N–H and O–H groups in total. The molecule has 0 aromatic carbocycles. The van der Waals surface area contributed by atoms with Crippen molar-refractivity contribution in [2.24, 2.45) is 5.92 Å². The Morgan fingerprint density at radius 2 is 2.00 bits per heavy atom. The number of terminal acetylenes is 1. The lowest BCUT2D eigenvalue weighted by atomic mass is 9.82. The van der Waals surface area contributed by atoms with Crippen LogP contribution in [0.2, 0.25) is 0 Å². The molecule has 1 nitrogen and oxygen atoms in total. The second-order valence-electron chi connectivity index (χ2n) is 4.13. The Hall–Kier alpha value is -0.480. The molecule has 1 aliphatic rings. The van der Waals surface area contributed by atoms with E-state index in [9.17, 15) is 5.11 Å². The predicted molar refractivity (Wildman–Crippen MR) is 50.6 cm³/mol. The molecular weight excluding hydrogens is 148 g/mol. The van der Waals surface area contributed by atoms with Gasteiger partial charge in [-0.1, -0.05) is 38.0 Å². The monoisotopic (exact) mass is 166 g/mol. The van der Waals surface area contributed by atoms with Crippen LogP contribution >= 0.6 is 0 Å². The summed E-state index contributed by atoms with van der Waals surface area (Å²) in [6.07, 6.45) is 12.5. The van der Waals surface area contributed by atoms with Crippen LogP contribution in [0, 0.1) is 18.3 Å². The van der Waals surface area contributed by atoms with Crippen molar-refractivity contribution in [1.29, 1.82) is 0 Å². The zero-order valence-corrected chi connectivity index (χ0v) is 7.84. The Morgan fingerprint density at radius 1 is 1.42 bits per heavy atom. The molecule has 0 heterocycles. The van der Waals surface area contributed by atoms with Gasteiger partial charge in [-0.15, -0.1) is 6.42 Å². The molecule has 0 saturated heterocycles. The van der Waals surface area contributed by atoms with E-state index in [1.807, 2.05) is 0 Å². The average molecular weight is 166 g/mol.